The van der Waals surface area contributed by atoms with Gasteiger partial charge in [-0.2, -0.15) is 0 Å². The van der Waals surface area contributed by atoms with Gasteiger partial charge in [0.05, 0.1) is 6.10 Å². The van der Waals surface area contributed by atoms with Crippen LogP contribution in [0.1, 0.15) is 44.4 Å². The van der Waals surface area contributed by atoms with E-state index in [9.17, 15) is 9.90 Å². The quantitative estimate of drug-likeness (QED) is 0.867. The van der Waals surface area contributed by atoms with E-state index in [2.05, 4.69) is 19.2 Å². The van der Waals surface area contributed by atoms with Gasteiger partial charge in [0.1, 0.15) is 5.75 Å². The van der Waals surface area contributed by atoms with E-state index >= 15 is 0 Å². The van der Waals surface area contributed by atoms with Gasteiger partial charge in [-0.05, 0) is 48.9 Å². The third kappa shape index (κ3) is 3.51. The summed E-state index contributed by atoms with van der Waals surface area (Å²) in [5.74, 6) is 0.984. The van der Waals surface area contributed by atoms with Crippen LogP contribution in [0.5, 0.6) is 5.75 Å². The van der Waals surface area contributed by atoms with E-state index in [1.54, 1.807) is 0 Å². The van der Waals surface area contributed by atoms with Crippen molar-refractivity contribution in [2.24, 2.45) is 5.92 Å². The molecule has 2 atom stereocenters. The lowest BCUT2D eigenvalue weighted by atomic mass is 10.1. The van der Waals surface area contributed by atoms with Crippen LogP contribution in [-0.2, 0) is 11.2 Å². The van der Waals surface area contributed by atoms with Crippen LogP contribution < -0.4 is 10.1 Å². The van der Waals surface area contributed by atoms with Crippen molar-refractivity contribution in [2.45, 2.75) is 45.8 Å². The monoisotopic (exact) mass is 277 g/mol. The fourth-order valence-corrected chi connectivity index (χ4v) is 2.27. The van der Waals surface area contributed by atoms with Crippen LogP contribution in [0.2, 0.25) is 0 Å². The second kappa shape index (κ2) is 6.27. The zero-order valence-electron chi connectivity index (χ0n) is 12.3. The Morgan fingerprint density at radius 1 is 1.45 bits per heavy atom. The Labute approximate surface area is 120 Å². The van der Waals surface area contributed by atoms with E-state index < -0.39 is 0 Å². The summed E-state index contributed by atoms with van der Waals surface area (Å²) in [6, 6.07) is 5.76. The number of rotatable bonds is 5. The van der Waals surface area contributed by atoms with Crippen molar-refractivity contribution in [3.05, 3.63) is 29.3 Å². The molecule has 0 heterocycles. The molecule has 0 radical (unpaired) electrons. The average molecular weight is 277 g/mol. The molecule has 1 aliphatic carbocycles. The van der Waals surface area contributed by atoms with Crippen molar-refractivity contribution < 1.29 is 14.6 Å². The highest BCUT2D eigenvalue weighted by atomic mass is 16.5. The molecular formula is C16H23NO3. The maximum Gasteiger partial charge on any atom is 0.258 e. The van der Waals surface area contributed by atoms with Crippen LogP contribution in [0, 0.1) is 5.92 Å². The second-order valence-electron chi connectivity index (χ2n) is 5.80. The molecule has 0 bridgehead atoms. The van der Waals surface area contributed by atoms with Gasteiger partial charge >= 0.3 is 0 Å². The minimum Gasteiger partial charge on any atom is -0.484 e. The van der Waals surface area contributed by atoms with Crippen molar-refractivity contribution in [1.29, 1.82) is 0 Å². The molecule has 1 amide bonds. The Morgan fingerprint density at radius 2 is 2.20 bits per heavy atom. The van der Waals surface area contributed by atoms with Crippen molar-refractivity contribution >= 4 is 5.91 Å². The third-order valence-corrected chi connectivity index (χ3v) is 3.92. The standard InChI is InChI=1S/C16H23NO3/c1-10(2)11(3)17-16(19)9-20-13-5-6-14-12(8-13)4-7-15(14)18/h5-6,8,10-11,15,18H,4,7,9H2,1-3H3,(H,17,19)/t11?,15-/m0/s1. The van der Waals surface area contributed by atoms with Gasteiger partial charge in [-0.15, -0.1) is 0 Å². The Bertz CT molecular complexity index is 485. The van der Waals surface area contributed by atoms with Crippen molar-refractivity contribution in [3.8, 4) is 5.75 Å². The second-order valence-corrected chi connectivity index (χ2v) is 5.80. The number of hydrogen-bond acceptors (Lipinski definition) is 3. The maximum atomic E-state index is 11.7. The molecule has 2 N–H and O–H groups in total. The number of fused-ring (bicyclic) bond motifs is 1. The number of aliphatic hydroxyl groups excluding tert-OH is 1. The molecule has 1 aromatic carbocycles. The normalized spacial score (nSPS) is 18.8. The SMILES string of the molecule is CC(C)C(C)NC(=O)COc1ccc2c(c1)CC[C@@H]2O. The maximum absolute atomic E-state index is 11.7. The molecule has 0 spiro atoms. The van der Waals surface area contributed by atoms with Gasteiger partial charge in [0.2, 0.25) is 0 Å². The molecule has 4 nitrogen and oxygen atoms in total. The Morgan fingerprint density at radius 3 is 2.90 bits per heavy atom. The van der Waals surface area contributed by atoms with Crippen LogP contribution in [0.25, 0.3) is 0 Å². The van der Waals surface area contributed by atoms with E-state index in [0.29, 0.717) is 11.7 Å². The molecule has 0 fully saturated rings. The van der Waals surface area contributed by atoms with Crippen LogP contribution in [-0.4, -0.2) is 23.7 Å². The highest BCUT2D eigenvalue weighted by Gasteiger charge is 2.20. The van der Waals surface area contributed by atoms with Gasteiger partial charge in [0, 0.05) is 6.04 Å². The fraction of sp³-hybridized carbons (Fsp3) is 0.562. The van der Waals surface area contributed by atoms with Crippen LogP contribution in [0.3, 0.4) is 0 Å². The predicted octanol–water partition coefficient (Wildman–Crippen LogP) is 2.21. The summed E-state index contributed by atoms with van der Waals surface area (Å²) >= 11 is 0. The zero-order chi connectivity index (χ0) is 14.7. The average Bonchev–Trinajstić information content (AvgIpc) is 2.77. The molecule has 2 rings (SSSR count). The summed E-state index contributed by atoms with van der Waals surface area (Å²) in [5.41, 5.74) is 2.10. The summed E-state index contributed by atoms with van der Waals surface area (Å²) in [7, 11) is 0. The zero-order valence-corrected chi connectivity index (χ0v) is 12.3. The van der Waals surface area contributed by atoms with Gasteiger partial charge in [-0.25, -0.2) is 0 Å². The molecule has 0 saturated heterocycles. The molecule has 4 heteroatoms. The Kier molecular flexibility index (Phi) is 4.65. The number of aryl methyl sites for hydroxylation is 1. The largest absolute Gasteiger partial charge is 0.484 e. The summed E-state index contributed by atoms with van der Waals surface area (Å²) < 4.78 is 5.52. The smallest absolute Gasteiger partial charge is 0.258 e. The van der Waals surface area contributed by atoms with E-state index in [0.717, 1.165) is 24.0 Å². The van der Waals surface area contributed by atoms with Crippen LogP contribution >= 0.6 is 0 Å². The van der Waals surface area contributed by atoms with Crippen molar-refractivity contribution in [2.75, 3.05) is 6.61 Å². The Hall–Kier alpha value is -1.55. The number of amides is 1. The van der Waals surface area contributed by atoms with Gasteiger partial charge in [-0.1, -0.05) is 19.9 Å². The van der Waals surface area contributed by atoms with Gasteiger partial charge < -0.3 is 15.2 Å². The molecule has 1 aliphatic rings. The van der Waals surface area contributed by atoms with E-state index in [4.69, 9.17) is 4.74 Å². The lowest BCUT2D eigenvalue weighted by Gasteiger charge is -2.17. The molecule has 110 valence electrons. The summed E-state index contributed by atoms with van der Waals surface area (Å²) in [4.78, 5) is 11.7. The van der Waals surface area contributed by atoms with Crippen molar-refractivity contribution in [1.82, 2.24) is 5.32 Å². The van der Waals surface area contributed by atoms with Crippen LogP contribution in [0.4, 0.5) is 0 Å². The number of nitrogens with one attached hydrogen (secondary N) is 1. The highest BCUT2D eigenvalue weighted by molar-refractivity contribution is 5.77. The minimum atomic E-state index is -0.353. The number of hydrogen-bond donors (Lipinski definition) is 2. The number of benzene rings is 1. The van der Waals surface area contributed by atoms with Gasteiger partial charge in [-0.3, -0.25) is 4.79 Å². The summed E-state index contributed by atoms with van der Waals surface area (Å²) in [5, 5.41) is 12.6. The fourth-order valence-electron chi connectivity index (χ4n) is 2.27. The molecule has 0 saturated carbocycles. The number of aliphatic hydroxyl groups is 1. The number of ether oxygens (including phenoxy) is 1. The first-order chi connectivity index (χ1) is 9.47. The van der Waals surface area contributed by atoms with Crippen molar-refractivity contribution in [3.63, 3.8) is 0 Å². The van der Waals surface area contributed by atoms with Crippen LogP contribution in [0.15, 0.2) is 18.2 Å². The molecule has 20 heavy (non-hydrogen) atoms. The first-order valence-electron chi connectivity index (χ1n) is 7.20. The Balaban J connectivity index is 1.87. The molecule has 1 unspecified atom stereocenters. The minimum absolute atomic E-state index is 0.0262. The highest BCUT2D eigenvalue weighted by Crippen LogP contribution is 2.33. The number of carbonyl (C=O) groups excluding carboxylic acids is 1. The first kappa shape index (κ1) is 14.9. The van der Waals surface area contributed by atoms with Gasteiger partial charge in [0.15, 0.2) is 6.61 Å². The van der Waals surface area contributed by atoms with E-state index in [-0.39, 0.29) is 24.7 Å². The predicted molar refractivity (Wildman–Crippen MR) is 77.7 cm³/mol. The first-order valence-corrected chi connectivity index (χ1v) is 7.20. The lowest BCUT2D eigenvalue weighted by molar-refractivity contribution is -0.124. The van der Waals surface area contributed by atoms with E-state index in [1.165, 1.54) is 0 Å². The summed E-state index contributed by atoms with van der Waals surface area (Å²) in [6.45, 7) is 6.15. The third-order valence-electron chi connectivity index (χ3n) is 3.92. The van der Waals surface area contributed by atoms with E-state index in [1.807, 2.05) is 25.1 Å². The number of carbonyl (C=O) groups is 1. The lowest BCUT2D eigenvalue weighted by Crippen LogP contribution is -2.38. The molecular weight excluding hydrogens is 254 g/mol. The summed E-state index contributed by atoms with van der Waals surface area (Å²) in [6.07, 6.45) is 1.28. The molecule has 1 aromatic rings. The molecule has 0 aromatic heterocycles. The molecule has 0 aliphatic heterocycles. The topological polar surface area (TPSA) is 58.6 Å². The van der Waals surface area contributed by atoms with Gasteiger partial charge in [0.25, 0.3) is 5.91 Å².